The molecule has 0 saturated carbocycles. The Bertz CT molecular complexity index is 474. The average Bonchev–Trinajstić information content (AvgIpc) is 2.26. The minimum absolute atomic E-state index is 0.147. The van der Waals surface area contributed by atoms with E-state index in [-0.39, 0.29) is 16.0 Å². The van der Waals surface area contributed by atoms with Gasteiger partial charge in [0.05, 0.1) is 4.90 Å². The molecule has 1 aromatic heterocycles. The van der Waals surface area contributed by atoms with Crippen LogP contribution in [0.5, 0.6) is 0 Å². The van der Waals surface area contributed by atoms with Crippen LogP contribution < -0.4 is 4.72 Å². The van der Waals surface area contributed by atoms with E-state index < -0.39 is 10.0 Å². The second-order valence-electron chi connectivity index (χ2n) is 4.39. The zero-order valence-electron chi connectivity index (χ0n) is 10.1. The molecule has 0 aliphatic carbocycles. The number of hydrogen-bond acceptors (Lipinski definition) is 3. The Labute approximate surface area is 107 Å². The van der Waals surface area contributed by atoms with Crippen molar-refractivity contribution in [3.8, 4) is 0 Å². The number of pyridine rings is 1. The van der Waals surface area contributed by atoms with Crippen molar-refractivity contribution in [3.63, 3.8) is 0 Å². The Morgan fingerprint density at radius 2 is 2.06 bits per heavy atom. The third kappa shape index (κ3) is 4.26. The maximum absolute atomic E-state index is 11.9. The lowest BCUT2D eigenvalue weighted by molar-refractivity contribution is 0.414. The Kier molecular flexibility index (Phi) is 4.91. The molecule has 1 N–H and O–H groups in total. The lowest BCUT2D eigenvalue weighted by Crippen LogP contribution is -2.30. The molecule has 0 fully saturated rings. The standard InChI is InChI=1S/C11H17ClN2O2S/c1-8(2)9(3)7-14-17(15,16)10-4-5-13-11(12)6-10/h4-6,8-9,14H,7H2,1-3H3. The molecule has 0 aliphatic rings. The summed E-state index contributed by atoms with van der Waals surface area (Å²) in [6.45, 7) is 6.54. The summed E-state index contributed by atoms with van der Waals surface area (Å²) in [5.41, 5.74) is 0. The van der Waals surface area contributed by atoms with E-state index in [2.05, 4.69) is 23.6 Å². The van der Waals surface area contributed by atoms with Gasteiger partial charge in [-0.2, -0.15) is 0 Å². The summed E-state index contributed by atoms with van der Waals surface area (Å²) in [5.74, 6) is 0.709. The van der Waals surface area contributed by atoms with Gasteiger partial charge in [0.25, 0.3) is 0 Å². The fourth-order valence-corrected chi connectivity index (χ4v) is 2.51. The summed E-state index contributed by atoms with van der Waals surface area (Å²) >= 11 is 5.66. The van der Waals surface area contributed by atoms with Gasteiger partial charge in [0.2, 0.25) is 10.0 Å². The maximum atomic E-state index is 11.9. The molecule has 0 spiro atoms. The second-order valence-corrected chi connectivity index (χ2v) is 6.54. The van der Waals surface area contributed by atoms with Crippen LogP contribution in [-0.2, 0) is 10.0 Å². The van der Waals surface area contributed by atoms with Crippen molar-refractivity contribution in [1.29, 1.82) is 0 Å². The van der Waals surface area contributed by atoms with E-state index >= 15 is 0 Å². The van der Waals surface area contributed by atoms with Gasteiger partial charge < -0.3 is 0 Å². The van der Waals surface area contributed by atoms with Gasteiger partial charge in [-0.25, -0.2) is 18.1 Å². The van der Waals surface area contributed by atoms with Crippen molar-refractivity contribution < 1.29 is 8.42 Å². The monoisotopic (exact) mass is 276 g/mol. The van der Waals surface area contributed by atoms with Gasteiger partial charge in [-0.3, -0.25) is 0 Å². The number of hydrogen-bond donors (Lipinski definition) is 1. The molecule has 96 valence electrons. The zero-order valence-corrected chi connectivity index (χ0v) is 11.7. The lowest BCUT2D eigenvalue weighted by atomic mass is 9.99. The van der Waals surface area contributed by atoms with Crippen molar-refractivity contribution >= 4 is 21.6 Å². The summed E-state index contributed by atoms with van der Waals surface area (Å²) in [6.07, 6.45) is 1.38. The average molecular weight is 277 g/mol. The Morgan fingerprint density at radius 1 is 1.41 bits per heavy atom. The highest BCUT2D eigenvalue weighted by atomic mass is 35.5. The molecule has 17 heavy (non-hydrogen) atoms. The minimum Gasteiger partial charge on any atom is -0.244 e. The van der Waals surface area contributed by atoms with Gasteiger partial charge in [-0.1, -0.05) is 32.4 Å². The van der Waals surface area contributed by atoms with Gasteiger partial charge in [0, 0.05) is 12.7 Å². The van der Waals surface area contributed by atoms with E-state index in [4.69, 9.17) is 11.6 Å². The largest absolute Gasteiger partial charge is 0.244 e. The third-order valence-electron chi connectivity index (χ3n) is 2.74. The summed E-state index contributed by atoms with van der Waals surface area (Å²) in [7, 11) is -3.49. The number of halogens is 1. The highest BCUT2D eigenvalue weighted by Gasteiger charge is 2.16. The highest BCUT2D eigenvalue weighted by Crippen LogP contribution is 2.14. The first-order valence-electron chi connectivity index (χ1n) is 5.44. The highest BCUT2D eigenvalue weighted by molar-refractivity contribution is 7.89. The molecule has 6 heteroatoms. The van der Waals surface area contributed by atoms with Crippen LogP contribution in [0.4, 0.5) is 0 Å². The molecule has 1 atom stereocenters. The van der Waals surface area contributed by atoms with Gasteiger partial charge in [0.1, 0.15) is 5.15 Å². The molecule has 0 radical (unpaired) electrons. The van der Waals surface area contributed by atoms with Gasteiger partial charge in [-0.15, -0.1) is 0 Å². The molecular formula is C11H17ClN2O2S. The van der Waals surface area contributed by atoms with Crippen LogP contribution in [-0.4, -0.2) is 19.9 Å². The van der Waals surface area contributed by atoms with Crippen LogP contribution >= 0.6 is 11.6 Å². The van der Waals surface area contributed by atoms with E-state index in [1.54, 1.807) is 0 Å². The van der Waals surface area contributed by atoms with Crippen LogP contribution in [0.3, 0.4) is 0 Å². The van der Waals surface area contributed by atoms with Gasteiger partial charge in [0.15, 0.2) is 0 Å². The molecule has 4 nitrogen and oxygen atoms in total. The van der Waals surface area contributed by atoms with Crippen LogP contribution in [0.15, 0.2) is 23.2 Å². The molecule has 1 aromatic rings. The molecule has 0 aromatic carbocycles. The molecule has 1 unspecified atom stereocenters. The summed E-state index contributed by atoms with van der Waals surface area (Å²) in [5, 5.41) is 0.171. The molecule has 1 rings (SSSR count). The minimum atomic E-state index is -3.49. The molecular weight excluding hydrogens is 260 g/mol. The van der Waals surface area contributed by atoms with Crippen molar-refractivity contribution in [2.24, 2.45) is 11.8 Å². The summed E-state index contributed by atoms with van der Waals surface area (Å²) < 4.78 is 26.4. The summed E-state index contributed by atoms with van der Waals surface area (Å²) in [4.78, 5) is 3.90. The Morgan fingerprint density at radius 3 is 2.59 bits per heavy atom. The number of sulfonamides is 1. The van der Waals surface area contributed by atoms with E-state index in [1.807, 2.05) is 6.92 Å². The Balaban J connectivity index is 2.76. The summed E-state index contributed by atoms with van der Waals surface area (Å²) in [6, 6.07) is 2.76. The van der Waals surface area contributed by atoms with E-state index in [1.165, 1.54) is 18.3 Å². The van der Waals surface area contributed by atoms with Gasteiger partial charge >= 0.3 is 0 Å². The van der Waals surface area contributed by atoms with Crippen molar-refractivity contribution in [2.75, 3.05) is 6.54 Å². The first-order valence-corrected chi connectivity index (χ1v) is 7.30. The van der Waals surface area contributed by atoms with Gasteiger partial charge in [-0.05, 0) is 24.0 Å². The number of rotatable bonds is 5. The van der Waals surface area contributed by atoms with E-state index in [0.717, 1.165) is 0 Å². The normalized spacial score (nSPS) is 13.9. The van der Waals surface area contributed by atoms with E-state index in [9.17, 15) is 8.42 Å². The molecule has 0 bridgehead atoms. The molecule has 0 amide bonds. The Hall–Kier alpha value is -0.650. The first-order chi connectivity index (χ1) is 7.83. The van der Waals surface area contributed by atoms with Crippen LogP contribution in [0.2, 0.25) is 5.15 Å². The lowest BCUT2D eigenvalue weighted by Gasteiger charge is -2.16. The van der Waals surface area contributed by atoms with Crippen LogP contribution in [0.25, 0.3) is 0 Å². The number of nitrogens with zero attached hydrogens (tertiary/aromatic N) is 1. The van der Waals surface area contributed by atoms with E-state index in [0.29, 0.717) is 12.5 Å². The number of nitrogens with one attached hydrogen (secondary N) is 1. The van der Waals surface area contributed by atoms with Crippen LogP contribution in [0.1, 0.15) is 20.8 Å². The van der Waals surface area contributed by atoms with Crippen molar-refractivity contribution in [3.05, 3.63) is 23.5 Å². The topological polar surface area (TPSA) is 59.1 Å². The van der Waals surface area contributed by atoms with Crippen molar-refractivity contribution in [1.82, 2.24) is 9.71 Å². The molecule has 0 saturated heterocycles. The first kappa shape index (κ1) is 14.4. The molecule has 0 aliphatic heterocycles. The SMILES string of the molecule is CC(C)C(C)CNS(=O)(=O)c1ccnc(Cl)c1. The van der Waals surface area contributed by atoms with Crippen molar-refractivity contribution in [2.45, 2.75) is 25.7 Å². The number of aromatic nitrogens is 1. The zero-order chi connectivity index (χ0) is 13.1. The third-order valence-corrected chi connectivity index (χ3v) is 4.37. The molecule has 1 heterocycles. The predicted octanol–water partition coefficient (Wildman–Crippen LogP) is 2.31. The second kappa shape index (κ2) is 5.80. The quantitative estimate of drug-likeness (QED) is 0.840. The predicted molar refractivity (Wildman–Crippen MR) is 68.4 cm³/mol. The maximum Gasteiger partial charge on any atom is 0.240 e. The smallest absolute Gasteiger partial charge is 0.240 e. The fraction of sp³-hybridized carbons (Fsp3) is 0.545. The fourth-order valence-electron chi connectivity index (χ4n) is 1.11. The van der Waals surface area contributed by atoms with Crippen LogP contribution in [0, 0.1) is 11.8 Å².